The first kappa shape index (κ1) is 10.2. The van der Waals surface area contributed by atoms with Gasteiger partial charge in [-0.15, -0.1) is 0 Å². The van der Waals surface area contributed by atoms with Crippen LogP contribution in [0.15, 0.2) is 0 Å². The van der Waals surface area contributed by atoms with E-state index in [1.165, 1.54) is 0 Å². The highest BCUT2D eigenvalue weighted by Gasteiger charge is 2.60. The maximum Gasteiger partial charge on any atom is 0.455 e. The highest BCUT2D eigenvalue weighted by atomic mass is 19.4. The number of halogens is 3. The van der Waals surface area contributed by atoms with E-state index in [1.807, 2.05) is 0 Å². The first-order valence-electron chi connectivity index (χ1n) is 2.33. The molecule has 0 heterocycles. The molecule has 11 heavy (non-hydrogen) atoms. The number of carbonyl (C=O) groups is 1. The molecule has 0 spiro atoms. The van der Waals surface area contributed by atoms with Gasteiger partial charge < -0.3 is 14.9 Å². The van der Waals surface area contributed by atoms with Gasteiger partial charge in [0.25, 0.3) is 0 Å². The van der Waals surface area contributed by atoms with Crippen molar-refractivity contribution in [3.05, 3.63) is 0 Å². The fourth-order valence-electron chi connectivity index (χ4n) is 0.258. The highest BCUT2D eigenvalue weighted by Crippen LogP contribution is 2.28. The molecule has 2 N–H and O–H groups in total. The quantitative estimate of drug-likeness (QED) is 0.411. The Labute approximate surface area is 59.2 Å². The maximum atomic E-state index is 11.5. The summed E-state index contributed by atoms with van der Waals surface area (Å²) in [5, 5.41) is 16.2. The second-order valence-electron chi connectivity index (χ2n) is 1.66. The van der Waals surface area contributed by atoms with Crippen LogP contribution in [0.1, 0.15) is 0 Å². The van der Waals surface area contributed by atoms with E-state index < -0.39 is 17.9 Å². The number of hydrogen-bond acceptors (Lipinski definition) is 4. The molecule has 0 aliphatic carbocycles. The van der Waals surface area contributed by atoms with E-state index in [9.17, 15) is 18.0 Å². The number of esters is 1. The Morgan fingerprint density at radius 3 is 1.82 bits per heavy atom. The number of rotatable bonds is 1. The molecule has 0 amide bonds. The molecule has 0 rings (SSSR count). The van der Waals surface area contributed by atoms with Crippen molar-refractivity contribution in [2.24, 2.45) is 0 Å². The lowest BCUT2D eigenvalue weighted by atomic mass is 10.3. The van der Waals surface area contributed by atoms with Gasteiger partial charge in [-0.3, -0.25) is 0 Å². The predicted molar refractivity (Wildman–Crippen MR) is 25.2 cm³/mol. The molecule has 66 valence electrons. The molecule has 7 heteroatoms. The number of methoxy groups -OCH3 is 1. The third kappa shape index (κ3) is 1.81. The van der Waals surface area contributed by atoms with E-state index in [1.54, 1.807) is 0 Å². The van der Waals surface area contributed by atoms with E-state index in [2.05, 4.69) is 4.74 Å². The fourth-order valence-corrected chi connectivity index (χ4v) is 0.258. The summed E-state index contributed by atoms with van der Waals surface area (Å²) in [5.41, 5.74) is 0. The number of carbonyl (C=O) groups excluding carboxylic acids is 1. The number of alkyl halides is 3. The zero-order valence-corrected chi connectivity index (χ0v) is 5.34. The molecule has 0 radical (unpaired) electrons. The van der Waals surface area contributed by atoms with Crippen LogP contribution < -0.4 is 0 Å². The maximum absolute atomic E-state index is 11.5. The molecule has 0 bridgehead atoms. The Morgan fingerprint density at radius 2 is 1.73 bits per heavy atom. The Morgan fingerprint density at radius 1 is 1.36 bits per heavy atom. The van der Waals surface area contributed by atoms with Gasteiger partial charge in [0, 0.05) is 0 Å². The molecule has 0 aliphatic rings. The van der Waals surface area contributed by atoms with Gasteiger partial charge in [0.2, 0.25) is 0 Å². The molecule has 0 saturated heterocycles. The van der Waals surface area contributed by atoms with Crippen molar-refractivity contribution in [2.75, 3.05) is 7.11 Å². The lowest BCUT2D eigenvalue weighted by Crippen LogP contribution is -2.52. The van der Waals surface area contributed by atoms with Crippen molar-refractivity contribution in [3.8, 4) is 0 Å². The molecule has 0 unspecified atom stereocenters. The van der Waals surface area contributed by atoms with Crippen LogP contribution in [-0.2, 0) is 9.53 Å². The summed E-state index contributed by atoms with van der Waals surface area (Å²) < 4.78 is 37.9. The van der Waals surface area contributed by atoms with Gasteiger partial charge >= 0.3 is 17.9 Å². The smallest absolute Gasteiger partial charge is 0.455 e. The van der Waals surface area contributed by atoms with Crippen molar-refractivity contribution in [2.45, 2.75) is 12.0 Å². The first-order chi connectivity index (χ1) is 4.73. The third-order valence-corrected chi connectivity index (χ3v) is 0.865. The van der Waals surface area contributed by atoms with Crippen LogP contribution in [0.2, 0.25) is 0 Å². The van der Waals surface area contributed by atoms with Crippen molar-refractivity contribution in [1.82, 2.24) is 0 Å². The fraction of sp³-hybridized carbons (Fsp3) is 0.750. The predicted octanol–water partition coefficient (Wildman–Crippen LogP) is -0.597. The van der Waals surface area contributed by atoms with Crippen LogP contribution in [-0.4, -0.2) is 35.3 Å². The monoisotopic (exact) mass is 174 g/mol. The normalized spacial score (nSPS) is 12.9. The molecular weight excluding hydrogens is 169 g/mol. The molecule has 0 fully saturated rings. The SMILES string of the molecule is COC(=O)C(O)(O)C(F)(F)F. The lowest BCUT2D eigenvalue weighted by Gasteiger charge is -2.20. The second-order valence-corrected chi connectivity index (χ2v) is 1.66. The van der Waals surface area contributed by atoms with Crippen LogP contribution >= 0.6 is 0 Å². The summed E-state index contributed by atoms with van der Waals surface area (Å²) in [6.45, 7) is 0. The molecule has 0 aromatic carbocycles. The molecule has 0 atom stereocenters. The number of aliphatic hydroxyl groups is 2. The van der Waals surface area contributed by atoms with Gasteiger partial charge in [-0.25, -0.2) is 4.79 Å². The van der Waals surface area contributed by atoms with Crippen molar-refractivity contribution >= 4 is 5.97 Å². The largest absolute Gasteiger partial charge is 0.465 e. The highest BCUT2D eigenvalue weighted by molar-refractivity contribution is 5.77. The Kier molecular flexibility index (Phi) is 2.47. The first-order valence-corrected chi connectivity index (χ1v) is 2.33. The van der Waals surface area contributed by atoms with Crippen LogP contribution in [0.25, 0.3) is 0 Å². The van der Waals surface area contributed by atoms with Gasteiger partial charge in [-0.2, -0.15) is 13.2 Å². The van der Waals surface area contributed by atoms with E-state index in [0.717, 1.165) is 0 Å². The molecule has 4 nitrogen and oxygen atoms in total. The molecule has 0 aromatic heterocycles. The van der Waals surface area contributed by atoms with Crippen molar-refractivity contribution in [3.63, 3.8) is 0 Å². The summed E-state index contributed by atoms with van der Waals surface area (Å²) in [6.07, 6.45) is -5.44. The minimum absolute atomic E-state index is 0.606. The van der Waals surface area contributed by atoms with E-state index >= 15 is 0 Å². The zero-order chi connectivity index (χ0) is 9.28. The average molecular weight is 174 g/mol. The summed E-state index contributed by atoms with van der Waals surface area (Å²) in [5.74, 6) is -6.58. The molecule has 0 aromatic rings. The second kappa shape index (κ2) is 2.67. The molecule has 0 saturated carbocycles. The van der Waals surface area contributed by atoms with Gasteiger partial charge in [-0.1, -0.05) is 0 Å². The summed E-state index contributed by atoms with van der Waals surface area (Å²) in [7, 11) is 0.606. The van der Waals surface area contributed by atoms with Crippen LogP contribution in [0.5, 0.6) is 0 Å². The Bertz CT molecular complexity index is 161. The van der Waals surface area contributed by atoms with E-state index in [4.69, 9.17) is 10.2 Å². The summed E-state index contributed by atoms with van der Waals surface area (Å²) >= 11 is 0. The standard InChI is InChI=1S/C4H5F3O4/c1-11-2(8)3(9,10)4(5,6)7/h9-10H,1H3. The van der Waals surface area contributed by atoms with Crippen LogP contribution in [0.4, 0.5) is 13.2 Å². The van der Waals surface area contributed by atoms with Crippen molar-refractivity contribution in [1.29, 1.82) is 0 Å². The molecular formula is C4H5F3O4. The van der Waals surface area contributed by atoms with Crippen LogP contribution in [0.3, 0.4) is 0 Å². The van der Waals surface area contributed by atoms with Crippen molar-refractivity contribution < 1.29 is 32.9 Å². The number of hydrogen-bond donors (Lipinski definition) is 2. The Balaban J connectivity index is 4.59. The van der Waals surface area contributed by atoms with E-state index in [-0.39, 0.29) is 0 Å². The zero-order valence-electron chi connectivity index (χ0n) is 5.34. The average Bonchev–Trinajstić information content (AvgIpc) is 1.83. The van der Waals surface area contributed by atoms with Gasteiger partial charge in [-0.05, 0) is 0 Å². The summed E-state index contributed by atoms with van der Waals surface area (Å²) in [6, 6.07) is 0. The minimum atomic E-state index is -5.44. The topological polar surface area (TPSA) is 66.8 Å². The minimum Gasteiger partial charge on any atom is -0.465 e. The lowest BCUT2D eigenvalue weighted by molar-refractivity contribution is -0.336. The molecule has 0 aliphatic heterocycles. The van der Waals surface area contributed by atoms with Crippen LogP contribution in [0, 0.1) is 0 Å². The van der Waals surface area contributed by atoms with Gasteiger partial charge in [0.05, 0.1) is 7.11 Å². The van der Waals surface area contributed by atoms with Gasteiger partial charge in [0.1, 0.15) is 0 Å². The van der Waals surface area contributed by atoms with E-state index in [0.29, 0.717) is 7.11 Å². The Hall–Kier alpha value is -0.820. The van der Waals surface area contributed by atoms with Gasteiger partial charge in [0.15, 0.2) is 0 Å². The number of ether oxygens (including phenoxy) is 1. The third-order valence-electron chi connectivity index (χ3n) is 0.865. The summed E-state index contributed by atoms with van der Waals surface area (Å²) in [4.78, 5) is 10.0.